The van der Waals surface area contributed by atoms with Crippen molar-refractivity contribution in [3.63, 3.8) is 0 Å². The predicted molar refractivity (Wildman–Crippen MR) is 80.9 cm³/mol. The van der Waals surface area contributed by atoms with Crippen molar-refractivity contribution < 1.29 is 5.11 Å². The Bertz CT molecular complexity index is 467. The van der Waals surface area contributed by atoms with Gasteiger partial charge in [0.25, 0.3) is 0 Å². The van der Waals surface area contributed by atoms with E-state index in [1.165, 1.54) is 26.1 Å². The molecule has 6 heteroatoms. The van der Waals surface area contributed by atoms with Gasteiger partial charge in [-0.25, -0.2) is 0 Å². The van der Waals surface area contributed by atoms with E-state index >= 15 is 0 Å². The number of likely N-dealkylation sites (tertiary alicyclic amines) is 2. The third-order valence-electron chi connectivity index (χ3n) is 5.10. The van der Waals surface area contributed by atoms with Gasteiger partial charge in [-0.05, 0) is 51.9 Å². The Kier molecular flexibility index (Phi) is 4.57. The highest BCUT2D eigenvalue weighted by Crippen LogP contribution is 2.28. The Morgan fingerprint density at radius 3 is 2.43 bits per heavy atom. The highest BCUT2D eigenvalue weighted by molar-refractivity contribution is 5.02. The van der Waals surface area contributed by atoms with E-state index in [1.807, 2.05) is 11.6 Å². The SMILES string of the molecule is CN1CCC(CN2CCC(c3nnc(CO)n3C)CC2)C1. The molecule has 2 saturated heterocycles. The first kappa shape index (κ1) is 14.9. The van der Waals surface area contributed by atoms with E-state index in [4.69, 9.17) is 0 Å². The number of aliphatic hydroxyl groups excluding tert-OH is 1. The van der Waals surface area contributed by atoms with Crippen molar-refractivity contribution in [2.24, 2.45) is 13.0 Å². The topological polar surface area (TPSA) is 57.4 Å². The van der Waals surface area contributed by atoms with Gasteiger partial charge in [-0.1, -0.05) is 0 Å². The number of rotatable bonds is 4. The molecule has 2 aliphatic heterocycles. The third kappa shape index (κ3) is 3.27. The zero-order chi connectivity index (χ0) is 14.8. The molecule has 6 nitrogen and oxygen atoms in total. The summed E-state index contributed by atoms with van der Waals surface area (Å²) in [6, 6.07) is 0. The fourth-order valence-electron chi connectivity index (χ4n) is 3.78. The number of hydrogen-bond acceptors (Lipinski definition) is 5. The van der Waals surface area contributed by atoms with E-state index in [9.17, 15) is 5.11 Å². The fourth-order valence-corrected chi connectivity index (χ4v) is 3.78. The van der Waals surface area contributed by atoms with Crippen LogP contribution in [0.4, 0.5) is 0 Å². The van der Waals surface area contributed by atoms with Crippen molar-refractivity contribution in [1.29, 1.82) is 0 Å². The fraction of sp³-hybridized carbons (Fsp3) is 0.867. The molecule has 2 aliphatic rings. The maximum Gasteiger partial charge on any atom is 0.158 e. The number of nitrogens with zero attached hydrogens (tertiary/aromatic N) is 5. The van der Waals surface area contributed by atoms with Gasteiger partial charge < -0.3 is 19.5 Å². The normalized spacial score (nSPS) is 25.8. The van der Waals surface area contributed by atoms with Gasteiger partial charge in [0.2, 0.25) is 0 Å². The number of aromatic nitrogens is 3. The molecular formula is C15H27N5O. The van der Waals surface area contributed by atoms with E-state index < -0.39 is 0 Å². The highest BCUT2D eigenvalue weighted by Gasteiger charge is 2.27. The molecule has 1 atom stereocenters. The summed E-state index contributed by atoms with van der Waals surface area (Å²) in [6.45, 7) is 6.04. The average Bonchev–Trinajstić information content (AvgIpc) is 3.06. The van der Waals surface area contributed by atoms with E-state index in [0.717, 1.165) is 37.7 Å². The molecule has 118 valence electrons. The molecule has 3 heterocycles. The minimum atomic E-state index is -0.0302. The second-order valence-corrected chi connectivity index (χ2v) is 6.68. The van der Waals surface area contributed by atoms with Crippen LogP contribution in [-0.4, -0.2) is 69.4 Å². The van der Waals surface area contributed by atoms with Crippen molar-refractivity contribution in [2.75, 3.05) is 39.8 Å². The van der Waals surface area contributed by atoms with E-state index in [-0.39, 0.29) is 6.61 Å². The lowest BCUT2D eigenvalue weighted by Crippen LogP contribution is -2.37. The second kappa shape index (κ2) is 6.42. The van der Waals surface area contributed by atoms with Crippen LogP contribution in [0.3, 0.4) is 0 Å². The molecule has 0 aromatic carbocycles. The summed E-state index contributed by atoms with van der Waals surface area (Å²) < 4.78 is 1.96. The summed E-state index contributed by atoms with van der Waals surface area (Å²) in [4.78, 5) is 5.05. The van der Waals surface area contributed by atoms with Gasteiger partial charge in [-0.2, -0.15) is 0 Å². The molecule has 0 aliphatic carbocycles. The van der Waals surface area contributed by atoms with E-state index in [1.54, 1.807) is 0 Å². The summed E-state index contributed by atoms with van der Waals surface area (Å²) in [5.74, 6) is 3.05. The van der Waals surface area contributed by atoms with Gasteiger partial charge in [0.05, 0.1) is 0 Å². The Balaban J connectivity index is 1.51. The van der Waals surface area contributed by atoms with Gasteiger partial charge >= 0.3 is 0 Å². The minimum absolute atomic E-state index is 0.0302. The van der Waals surface area contributed by atoms with Crippen LogP contribution in [0.25, 0.3) is 0 Å². The summed E-state index contributed by atoms with van der Waals surface area (Å²) in [7, 11) is 4.18. The number of hydrogen-bond donors (Lipinski definition) is 1. The van der Waals surface area contributed by atoms with Gasteiger partial charge in [0.15, 0.2) is 5.82 Å². The summed E-state index contributed by atoms with van der Waals surface area (Å²) in [5.41, 5.74) is 0. The molecule has 1 aromatic heterocycles. The highest BCUT2D eigenvalue weighted by atomic mass is 16.3. The standard InChI is InChI=1S/C15H27N5O/c1-18-6-3-12(9-18)10-20-7-4-13(5-8-20)15-17-16-14(11-21)19(15)2/h12-13,21H,3-11H2,1-2H3. The summed E-state index contributed by atoms with van der Waals surface area (Å²) in [6.07, 6.45) is 3.65. The van der Waals surface area contributed by atoms with Crippen LogP contribution in [0.15, 0.2) is 0 Å². The molecule has 1 unspecified atom stereocenters. The van der Waals surface area contributed by atoms with Gasteiger partial charge in [-0.15, -0.1) is 10.2 Å². The van der Waals surface area contributed by atoms with E-state index in [0.29, 0.717) is 11.7 Å². The van der Waals surface area contributed by atoms with Crippen LogP contribution >= 0.6 is 0 Å². The lowest BCUT2D eigenvalue weighted by molar-refractivity contribution is 0.180. The number of piperidine rings is 1. The van der Waals surface area contributed by atoms with Crippen molar-refractivity contribution in [3.05, 3.63) is 11.6 Å². The second-order valence-electron chi connectivity index (χ2n) is 6.68. The average molecular weight is 293 g/mol. The smallest absolute Gasteiger partial charge is 0.158 e. The lowest BCUT2D eigenvalue weighted by Gasteiger charge is -2.33. The van der Waals surface area contributed by atoms with Crippen LogP contribution in [0.5, 0.6) is 0 Å². The largest absolute Gasteiger partial charge is 0.388 e. The molecule has 0 bridgehead atoms. The van der Waals surface area contributed by atoms with Crippen molar-refractivity contribution in [3.8, 4) is 0 Å². The molecule has 0 amide bonds. The maximum absolute atomic E-state index is 9.22. The van der Waals surface area contributed by atoms with Gasteiger partial charge in [-0.3, -0.25) is 0 Å². The molecule has 1 aromatic rings. The van der Waals surface area contributed by atoms with Crippen molar-refractivity contribution in [1.82, 2.24) is 24.6 Å². The first-order valence-electron chi connectivity index (χ1n) is 8.07. The van der Waals surface area contributed by atoms with Crippen molar-refractivity contribution in [2.45, 2.75) is 31.8 Å². The predicted octanol–water partition coefficient (Wildman–Crippen LogP) is 0.439. The number of aliphatic hydroxyl groups is 1. The molecule has 1 N–H and O–H groups in total. The molecule has 21 heavy (non-hydrogen) atoms. The molecule has 2 fully saturated rings. The van der Waals surface area contributed by atoms with Crippen LogP contribution in [0.2, 0.25) is 0 Å². The summed E-state index contributed by atoms with van der Waals surface area (Å²) >= 11 is 0. The minimum Gasteiger partial charge on any atom is -0.388 e. The van der Waals surface area contributed by atoms with Crippen LogP contribution in [-0.2, 0) is 13.7 Å². The molecule has 0 saturated carbocycles. The zero-order valence-corrected chi connectivity index (χ0v) is 13.2. The third-order valence-corrected chi connectivity index (χ3v) is 5.10. The van der Waals surface area contributed by atoms with Gasteiger partial charge in [0, 0.05) is 26.1 Å². The van der Waals surface area contributed by atoms with Crippen LogP contribution < -0.4 is 0 Å². The molecule has 0 radical (unpaired) electrons. The van der Waals surface area contributed by atoms with Crippen molar-refractivity contribution >= 4 is 0 Å². The van der Waals surface area contributed by atoms with Crippen LogP contribution in [0, 0.1) is 5.92 Å². The lowest BCUT2D eigenvalue weighted by atomic mass is 9.95. The first-order valence-corrected chi connectivity index (χ1v) is 8.07. The van der Waals surface area contributed by atoms with Crippen LogP contribution in [0.1, 0.15) is 36.8 Å². The molecule has 0 spiro atoms. The Labute approximate surface area is 126 Å². The van der Waals surface area contributed by atoms with Gasteiger partial charge in [0.1, 0.15) is 12.4 Å². The Hall–Kier alpha value is -0.980. The Morgan fingerprint density at radius 2 is 1.86 bits per heavy atom. The monoisotopic (exact) mass is 293 g/mol. The van der Waals surface area contributed by atoms with E-state index in [2.05, 4.69) is 27.0 Å². The summed E-state index contributed by atoms with van der Waals surface area (Å²) in [5, 5.41) is 17.6. The molecule has 3 rings (SSSR count). The maximum atomic E-state index is 9.22. The Morgan fingerprint density at radius 1 is 1.10 bits per heavy atom. The zero-order valence-electron chi connectivity index (χ0n) is 13.2. The quantitative estimate of drug-likeness (QED) is 0.873. The first-order chi connectivity index (χ1) is 10.2. The molecular weight excluding hydrogens is 266 g/mol.